The number of amides is 1. The molecule has 0 bridgehead atoms. The number of nitrogens with zero attached hydrogens (tertiary/aromatic N) is 1. The monoisotopic (exact) mass is 293 g/mol. The SMILES string of the molecule is Cc1ccc(CNC(=O)C(C)(C)CN)cn1.Cl.Cl. The highest BCUT2D eigenvalue weighted by atomic mass is 35.5. The summed E-state index contributed by atoms with van der Waals surface area (Å²) in [5.41, 5.74) is 6.97. The van der Waals surface area contributed by atoms with Crippen molar-refractivity contribution < 1.29 is 4.79 Å². The minimum atomic E-state index is -0.516. The van der Waals surface area contributed by atoms with Crippen LogP contribution in [0, 0.1) is 12.3 Å². The van der Waals surface area contributed by atoms with Crippen molar-refractivity contribution in [3.8, 4) is 0 Å². The van der Waals surface area contributed by atoms with Crippen molar-refractivity contribution in [2.75, 3.05) is 6.54 Å². The maximum Gasteiger partial charge on any atom is 0.227 e. The third-order valence-corrected chi connectivity index (χ3v) is 2.55. The lowest BCUT2D eigenvalue weighted by molar-refractivity contribution is -0.129. The smallest absolute Gasteiger partial charge is 0.227 e. The van der Waals surface area contributed by atoms with E-state index in [9.17, 15) is 4.79 Å². The maximum atomic E-state index is 11.7. The van der Waals surface area contributed by atoms with Gasteiger partial charge in [0.25, 0.3) is 0 Å². The van der Waals surface area contributed by atoms with E-state index in [1.165, 1.54) is 0 Å². The van der Waals surface area contributed by atoms with Crippen molar-refractivity contribution in [1.29, 1.82) is 0 Å². The van der Waals surface area contributed by atoms with Crippen molar-refractivity contribution in [2.24, 2.45) is 11.1 Å². The number of hydrogen-bond acceptors (Lipinski definition) is 3. The number of carbonyl (C=O) groups excluding carboxylic acids is 1. The van der Waals surface area contributed by atoms with E-state index in [1.54, 1.807) is 6.20 Å². The molecule has 0 aliphatic carbocycles. The molecule has 0 aliphatic heterocycles. The molecule has 0 fully saturated rings. The first-order valence-corrected chi connectivity index (χ1v) is 5.35. The molecule has 0 saturated heterocycles. The van der Waals surface area contributed by atoms with Crippen LogP contribution in [0.25, 0.3) is 0 Å². The lowest BCUT2D eigenvalue weighted by Gasteiger charge is -2.21. The molecule has 0 saturated carbocycles. The second-order valence-electron chi connectivity index (χ2n) is 4.58. The number of carbonyl (C=O) groups is 1. The molecule has 3 N–H and O–H groups in total. The van der Waals surface area contributed by atoms with E-state index in [2.05, 4.69) is 10.3 Å². The summed E-state index contributed by atoms with van der Waals surface area (Å²) in [5.74, 6) is -0.0319. The van der Waals surface area contributed by atoms with E-state index >= 15 is 0 Å². The Balaban J connectivity index is 0. The molecule has 1 amide bonds. The normalized spacial score (nSPS) is 10.0. The van der Waals surface area contributed by atoms with E-state index in [0.717, 1.165) is 11.3 Å². The Labute approximate surface area is 121 Å². The van der Waals surface area contributed by atoms with Crippen LogP contribution < -0.4 is 11.1 Å². The van der Waals surface area contributed by atoms with Crippen LogP contribution in [-0.2, 0) is 11.3 Å². The van der Waals surface area contributed by atoms with Gasteiger partial charge in [0, 0.05) is 25.0 Å². The van der Waals surface area contributed by atoms with Gasteiger partial charge < -0.3 is 11.1 Å². The Hall–Kier alpha value is -0.840. The van der Waals surface area contributed by atoms with E-state index in [0.29, 0.717) is 13.1 Å². The predicted octanol–water partition coefficient (Wildman–Crippen LogP) is 1.83. The molecule has 4 nitrogen and oxygen atoms in total. The molecule has 6 heteroatoms. The lowest BCUT2D eigenvalue weighted by atomic mass is 9.93. The first-order chi connectivity index (χ1) is 7.45. The quantitative estimate of drug-likeness (QED) is 0.890. The highest BCUT2D eigenvalue weighted by molar-refractivity contribution is 5.85. The van der Waals surface area contributed by atoms with Gasteiger partial charge in [-0.1, -0.05) is 6.07 Å². The molecular weight excluding hydrogens is 273 g/mol. The summed E-state index contributed by atoms with van der Waals surface area (Å²) in [6.45, 7) is 6.42. The van der Waals surface area contributed by atoms with Gasteiger partial charge in [0.1, 0.15) is 0 Å². The minimum absolute atomic E-state index is 0. The van der Waals surface area contributed by atoms with E-state index in [-0.39, 0.29) is 30.7 Å². The van der Waals surface area contributed by atoms with E-state index in [1.807, 2.05) is 32.9 Å². The van der Waals surface area contributed by atoms with Crippen molar-refractivity contribution in [3.63, 3.8) is 0 Å². The zero-order valence-corrected chi connectivity index (χ0v) is 12.5. The number of aryl methyl sites for hydroxylation is 1. The van der Waals surface area contributed by atoms with Crippen LogP contribution in [0.4, 0.5) is 0 Å². The second kappa shape index (κ2) is 8.29. The van der Waals surface area contributed by atoms with E-state index in [4.69, 9.17) is 5.73 Å². The number of aromatic nitrogens is 1. The van der Waals surface area contributed by atoms with Crippen molar-refractivity contribution >= 4 is 30.7 Å². The first kappa shape index (κ1) is 19.5. The molecule has 18 heavy (non-hydrogen) atoms. The van der Waals surface area contributed by atoms with Gasteiger partial charge in [-0.2, -0.15) is 0 Å². The fourth-order valence-electron chi connectivity index (χ4n) is 1.12. The van der Waals surface area contributed by atoms with Gasteiger partial charge >= 0.3 is 0 Å². The lowest BCUT2D eigenvalue weighted by Crippen LogP contribution is -2.41. The molecule has 104 valence electrons. The highest BCUT2D eigenvalue weighted by Gasteiger charge is 2.25. The van der Waals surface area contributed by atoms with Crippen LogP contribution in [0.3, 0.4) is 0 Å². The molecule has 0 unspecified atom stereocenters. The molecule has 1 heterocycles. The predicted molar refractivity (Wildman–Crippen MR) is 78.2 cm³/mol. The van der Waals surface area contributed by atoms with Crippen molar-refractivity contribution in [3.05, 3.63) is 29.6 Å². The second-order valence-corrected chi connectivity index (χ2v) is 4.58. The number of pyridine rings is 1. The standard InChI is InChI=1S/C12H19N3O.2ClH/c1-9-4-5-10(6-14-9)7-15-11(16)12(2,3)8-13;;/h4-6H,7-8,13H2,1-3H3,(H,15,16);2*1H. The van der Waals surface area contributed by atoms with Gasteiger partial charge in [0.15, 0.2) is 0 Å². The van der Waals surface area contributed by atoms with Gasteiger partial charge in [0.05, 0.1) is 5.41 Å². The van der Waals surface area contributed by atoms with Crippen LogP contribution in [0.5, 0.6) is 0 Å². The zero-order valence-electron chi connectivity index (χ0n) is 10.9. The summed E-state index contributed by atoms with van der Waals surface area (Å²) < 4.78 is 0. The Kier molecular flexibility index (Phi) is 8.99. The van der Waals surface area contributed by atoms with Crippen LogP contribution in [0.2, 0.25) is 0 Å². The molecule has 1 aromatic heterocycles. The van der Waals surface area contributed by atoms with Gasteiger partial charge in [-0.15, -0.1) is 24.8 Å². The van der Waals surface area contributed by atoms with E-state index < -0.39 is 5.41 Å². The maximum absolute atomic E-state index is 11.7. The Morgan fingerprint density at radius 1 is 1.39 bits per heavy atom. The number of rotatable bonds is 4. The van der Waals surface area contributed by atoms with Crippen LogP contribution in [-0.4, -0.2) is 17.4 Å². The highest BCUT2D eigenvalue weighted by Crippen LogP contribution is 2.12. The van der Waals surface area contributed by atoms with Gasteiger partial charge in [-0.25, -0.2) is 0 Å². The summed E-state index contributed by atoms with van der Waals surface area (Å²) >= 11 is 0. The summed E-state index contributed by atoms with van der Waals surface area (Å²) in [6.07, 6.45) is 1.77. The summed E-state index contributed by atoms with van der Waals surface area (Å²) in [5, 5.41) is 2.85. The average molecular weight is 294 g/mol. The largest absolute Gasteiger partial charge is 0.351 e. The molecule has 0 atom stereocenters. The molecule has 1 rings (SSSR count). The van der Waals surface area contributed by atoms with Crippen LogP contribution in [0.1, 0.15) is 25.1 Å². The van der Waals surface area contributed by atoms with Gasteiger partial charge in [-0.05, 0) is 32.4 Å². The van der Waals surface area contributed by atoms with Gasteiger partial charge in [-0.3, -0.25) is 9.78 Å². The van der Waals surface area contributed by atoms with Crippen molar-refractivity contribution in [2.45, 2.75) is 27.3 Å². The Morgan fingerprint density at radius 3 is 2.44 bits per heavy atom. The summed E-state index contributed by atoms with van der Waals surface area (Å²) in [4.78, 5) is 15.9. The molecular formula is C12H21Cl2N3O. The Bertz CT molecular complexity index is 366. The molecule has 1 aromatic rings. The van der Waals surface area contributed by atoms with Crippen LogP contribution >= 0.6 is 24.8 Å². The Morgan fingerprint density at radius 2 is 2.00 bits per heavy atom. The number of hydrogen-bond donors (Lipinski definition) is 2. The zero-order chi connectivity index (χ0) is 12.2. The van der Waals surface area contributed by atoms with Crippen LogP contribution in [0.15, 0.2) is 18.3 Å². The number of nitrogens with two attached hydrogens (primary N) is 1. The summed E-state index contributed by atoms with van der Waals surface area (Å²) in [7, 11) is 0. The molecule has 0 aromatic carbocycles. The summed E-state index contributed by atoms with van der Waals surface area (Å²) in [6, 6.07) is 3.88. The van der Waals surface area contributed by atoms with Gasteiger partial charge in [0.2, 0.25) is 5.91 Å². The molecule has 0 radical (unpaired) electrons. The fourth-order valence-corrected chi connectivity index (χ4v) is 1.12. The van der Waals surface area contributed by atoms with Crippen molar-refractivity contribution in [1.82, 2.24) is 10.3 Å². The minimum Gasteiger partial charge on any atom is -0.351 e. The molecule has 0 aliphatic rings. The first-order valence-electron chi connectivity index (χ1n) is 5.35. The fraction of sp³-hybridized carbons (Fsp3) is 0.500. The third kappa shape index (κ3) is 5.67. The average Bonchev–Trinajstić information content (AvgIpc) is 2.28. The molecule has 0 spiro atoms. The topological polar surface area (TPSA) is 68.0 Å². The third-order valence-electron chi connectivity index (χ3n) is 2.55. The number of halogens is 2. The number of nitrogens with one attached hydrogen (secondary N) is 1.